The van der Waals surface area contributed by atoms with Crippen molar-refractivity contribution in [3.63, 3.8) is 0 Å². The molecule has 4 rings (SSSR count). The van der Waals surface area contributed by atoms with E-state index in [0.29, 0.717) is 23.1 Å². The topological polar surface area (TPSA) is 114 Å². The SMILES string of the molecule is COc1ccccc1NCc1nnc(SCC(=O)N/N=C/c2ccccc2O)n1-c1ccccc1. The van der Waals surface area contributed by atoms with Crippen molar-refractivity contribution in [1.82, 2.24) is 20.2 Å². The summed E-state index contributed by atoms with van der Waals surface area (Å²) in [7, 11) is 1.62. The minimum atomic E-state index is -0.307. The van der Waals surface area contributed by atoms with E-state index in [0.717, 1.165) is 17.1 Å². The monoisotopic (exact) mass is 488 g/mol. The lowest BCUT2D eigenvalue weighted by molar-refractivity contribution is -0.118. The Morgan fingerprint density at radius 1 is 1.06 bits per heavy atom. The number of carbonyl (C=O) groups is 1. The van der Waals surface area contributed by atoms with Crippen molar-refractivity contribution < 1.29 is 14.6 Å². The smallest absolute Gasteiger partial charge is 0.250 e. The number of thioether (sulfide) groups is 1. The molecule has 9 nitrogen and oxygen atoms in total. The highest BCUT2D eigenvalue weighted by Crippen LogP contribution is 2.26. The molecule has 1 aromatic heterocycles. The molecule has 35 heavy (non-hydrogen) atoms. The van der Waals surface area contributed by atoms with Crippen LogP contribution >= 0.6 is 11.8 Å². The third kappa shape index (κ3) is 6.18. The fraction of sp³-hybridized carbons (Fsp3) is 0.120. The lowest BCUT2D eigenvalue weighted by atomic mass is 10.2. The molecule has 0 radical (unpaired) electrons. The third-order valence-corrected chi connectivity index (χ3v) is 5.85. The normalized spacial score (nSPS) is 10.9. The Bertz CT molecular complexity index is 1310. The molecule has 0 bridgehead atoms. The summed E-state index contributed by atoms with van der Waals surface area (Å²) in [6.45, 7) is 0.403. The zero-order chi connectivity index (χ0) is 24.5. The van der Waals surface area contributed by atoms with Gasteiger partial charge in [0.25, 0.3) is 5.91 Å². The largest absolute Gasteiger partial charge is 0.507 e. The standard InChI is InChI=1S/C25H24N6O3S/c1-34-22-14-8-6-12-20(22)26-16-23-28-30-25(31(23)19-10-3-2-4-11-19)35-17-24(33)29-27-15-18-9-5-7-13-21(18)32/h2-15,26,32H,16-17H2,1H3,(H,29,33)/b27-15+. The van der Waals surface area contributed by atoms with Crippen LogP contribution < -0.4 is 15.5 Å². The zero-order valence-electron chi connectivity index (χ0n) is 19.0. The Hall–Kier alpha value is -4.31. The number of hydrazone groups is 1. The summed E-state index contributed by atoms with van der Waals surface area (Å²) in [4.78, 5) is 12.3. The molecule has 3 N–H and O–H groups in total. The van der Waals surface area contributed by atoms with Gasteiger partial charge < -0.3 is 15.2 Å². The van der Waals surface area contributed by atoms with Crippen molar-refractivity contribution in [2.45, 2.75) is 11.7 Å². The molecular weight excluding hydrogens is 464 g/mol. The number of carbonyl (C=O) groups excluding carboxylic acids is 1. The number of amides is 1. The minimum Gasteiger partial charge on any atom is -0.507 e. The molecule has 0 saturated carbocycles. The van der Waals surface area contributed by atoms with Crippen molar-refractivity contribution in [2.75, 3.05) is 18.2 Å². The van der Waals surface area contributed by atoms with Crippen molar-refractivity contribution in [1.29, 1.82) is 0 Å². The summed E-state index contributed by atoms with van der Waals surface area (Å²) < 4.78 is 7.31. The number of para-hydroxylation sites is 4. The van der Waals surface area contributed by atoms with Crippen LogP contribution in [0.5, 0.6) is 11.5 Å². The van der Waals surface area contributed by atoms with Gasteiger partial charge in [0.1, 0.15) is 11.5 Å². The van der Waals surface area contributed by atoms with Crippen molar-refractivity contribution in [3.05, 3.63) is 90.3 Å². The highest BCUT2D eigenvalue weighted by atomic mass is 32.2. The third-order valence-electron chi connectivity index (χ3n) is 4.92. The van der Waals surface area contributed by atoms with Gasteiger partial charge in [0.15, 0.2) is 11.0 Å². The number of nitrogens with zero attached hydrogens (tertiary/aromatic N) is 4. The molecule has 4 aromatic rings. The summed E-state index contributed by atoms with van der Waals surface area (Å²) in [6.07, 6.45) is 1.39. The summed E-state index contributed by atoms with van der Waals surface area (Å²) >= 11 is 1.25. The highest BCUT2D eigenvalue weighted by molar-refractivity contribution is 7.99. The molecule has 0 fully saturated rings. The van der Waals surface area contributed by atoms with E-state index in [2.05, 4.69) is 26.0 Å². The maximum absolute atomic E-state index is 12.3. The number of benzene rings is 3. The Morgan fingerprint density at radius 2 is 1.80 bits per heavy atom. The van der Waals surface area contributed by atoms with Gasteiger partial charge in [0, 0.05) is 11.3 Å². The molecular formula is C25H24N6O3S. The Morgan fingerprint density at radius 3 is 2.60 bits per heavy atom. The first-order chi connectivity index (χ1) is 17.2. The molecule has 1 heterocycles. The van der Waals surface area contributed by atoms with Crippen LogP contribution in [-0.4, -0.2) is 44.9 Å². The Balaban J connectivity index is 1.45. The van der Waals surface area contributed by atoms with E-state index in [1.807, 2.05) is 59.2 Å². The molecule has 3 aromatic carbocycles. The van der Waals surface area contributed by atoms with Gasteiger partial charge in [-0.05, 0) is 36.4 Å². The van der Waals surface area contributed by atoms with Crippen LogP contribution in [0.25, 0.3) is 5.69 Å². The molecule has 0 saturated heterocycles. The van der Waals surface area contributed by atoms with Gasteiger partial charge in [-0.2, -0.15) is 5.10 Å². The number of rotatable bonds is 10. The summed E-state index contributed by atoms with van der Waals surface area (Å²) in [5.41, 5.74) is 4.70. The quantitative estimate of drug-likeness (QED) is 0.177. The van der Waals surface area contributed by atoms with E-state index in [1.54, 1.807) is 31.4 Å². The second-order valence-corrected chi connectivity index (χ2v) is 8.21. The average Bonchev–Trinajstić information content (AvgIpc) is 3.30. The van der Waals surface area contributed by atoms with Gasteiger partial charge in [-0.15, -0.1) is 10.2 Å². The number of hydrogen-bond donors (Lipinski definition) is 3. The van der Waals surface area contributed by atoms with Crippen LogP contribution in [0.15, 0.2) is 89.1 Å². The predicted molar refractivity (Wildman–Crippen MR) is 136 cm³/mol. The van der Waals surface area contributed by atoms with Gasteiger partial charge in [-0.3, -0.25) is 9.36 Å². The number of hydrogen-bond acceptors (Lipinski definition) is 8. The first-order valence-electron chi connectivity index (χ1n) is 10.7. The minimum absolute atomic E-state index is 0.0863. The van der Waals surface area contributed by atoms with E-state index in [9.17, 15) is 9.90 Å². The van der Waals surface area contributed by atoms with E-state index in [1.165, 1.54) is 18.0 Å². The molecule has 178 valence electrons. The number of ether oxygens (including phenoxy) is 1. The summed E-state index contributed by atoms with van der Waals surface area (Å²) in [5, 5.41) is 26.3. The van der Waals surface area contributed by atoms with Crippen LogP contribution in [0.3, 0.4) is 0 Å². The van der Waals surface area contributed by atoms with E-state index < -0.39 is 0 Å². The fourth-order valence-electron chi connectivity index (χ4n) is 3.24. The molecule has 1 amide bonds. The van der Waals surface area contributed by atoms with Crippen LogP contribution in [-0.2, 0) is 11.3 Å². The van der Waals surface area contributed by atoms with Gasteiger partial charge in [0.05, 0.1) is 31.3 Å². The van der Waals surface area contributed by atoms with E-state index in [4.69, 9.17) is 4.74 Å². The van der Waals surface area contributed by atoms with Crippen molar-refractivity contribution in [3.8, 4) is 17.2 Å². The van der Waals surface area contributed by atoms with E-state index in [-0.39, 0.29) is 17.4 Å². The predicted octanol–water partition coefficient (Wildman–Crippen LogP) is 3.84. The first-order valence-corrected chi connectivity index (χ1v) is 11.7. The molecule has 0 aliphatic carbocycles. The average molecular weight is 489 g/mol. The van der Waals surface area contributed by atoms with Gasteiger partial charge >= 0.3 is 0 Å². The number of nitrogens with one attached hydrogen (secondary N) is 2. The number of aromatic hydroxyl groups is 1. The van der Waals surface area contributed by atoms with Crippen LogP contribution in [0.4, 0.5) is 5.69 Å². The molecule has 0 aliphatic heterocycles. The fourth-order valence-corrected chi connectivity index (χ4v) is 4.01. The van der Waals surface area contributed by atoms with Crippen LogP contribution in [0.2, 0.25) is 0 Å². The van der Waals surface area contributed by atoms with E-state index >= 15 is 0 Å². The summed E-state index contributed by atoms with van der Waals surface area (Å²) in [5.74, 6) is 1.28. The highest BCUT2D eigenvalue weighted by Gasteiger charge is 2.16. The lowest BCUT2D eigenvalue weighted by Crippen LogP contribution is -2.20. The second-order valence-electron chi connectivity index (χ2n) is 7.26. The maximum Gasteiger partial charge on any atom is 0.250 e. The lowest BCUT2D eigenvalue weighted by Gasteiger charge is -2.13. The first kappa shape index (κ1) is 23.8. The molecule has 0 unspecified atom stereocenters. The van der Waals surface area contributed by atoms with Gasteiger partial charge in [-0.25, -0.2) is 5.43 Å². The van der Waals surface area contributed by atoms with Crippen molar-refractivity contribution in [2.24, 2.45) is 5.10 Å². The number of methoxy groups -OCH3 is 1. The van der Waals surface area contributed by atoms with Crippen LogP contribution in [0, 0.1) is 0 Å². The molecule has 0 atom stereocenters. The summed E-state index contributed by atoms with van der Waals surface area (Å²) in [6, 6.07) is 24.1. The number of phenolic OH excluding ortho intramolecular Hbond substituents is 1. The van der Waals surface area contributed by atoms with Gasteiger partial charge in [-0.1, -0.05) is 54.2 Å². The van der Waals surface area contributed by atoms with Crippen LogP contribution in [0.1, 0.15) is 11.4 Å². The Labute approximate surface area is 206 Å². The van der Waals surface area contributed by atoms with Crippen molar-refractivity contribution >= 4 is 29.6 Å². The number of aromatic nitrogens is 3. The number of phenols is 1. The molecule has 0 spiro atoms. The molecule has 0 aliphatic rings. The zero-order valence-corrected chi connectivity index (χ0v) is 19.8. The van der Waals surface area contributed by atoms with Gasteiger partial charge in [0.2, 0.25) is 0 Å². The second kappa shape index (κ2) is 11.7. The number of anilines is 1. The Kier molecular flexibility index (Phi) is 7.97. The maximum atomic E-state index is 12.3. The molecule has 10 heteroatoms.